The zero-order valence-electron chi connectivity index (χ0n) is 15.6. The fourth-order valence-electron chi connectivity index (χ4n) is 2.65. The molecule has 2 aromatic rings. The van der Waals surface area contributed by atoms with Crippen molar-refractivity contribution in [3.05, 3.63) is 59.0 Å². The number of amides is 2. The normalized spacial score (nSPS) is 11.9. The molecule has 1 heterocycles. The highest BCUT2D eigenvalue weighted by atomic mass is 16.4. The van der Waals surface area contributed by atoms with Gasteiger partial charge in [0.1, 0.15) is 11.8 Å². The molecule has 0 saturated carbocycles. The fraction of sp³-hybridized carbons (Fsp3) is 0.350. The molecule has 1 unspecified atom stereocenters. The van der Waals surface area contributed by atoms with E-state index in [4.69, 9.17) is 9.52 Å². The first kappa shape index (κ1) is 20.2. The van der Waals surface area contributed by atoms with Gasteiger partial charge in [0.15, 0.2) is 0 Å². The average Bonchev–Trinajstić information content (AvgIpc) is 3.08. The van der Waals surface area contributed by atoms with Gasteiger partial charge in [0, 0.05) is 5.56 Å². The van der Waals surface area contributed by atoms with E-state index in [0.29, 0.717) is 17.7 Å². The van der Waals surface area contributed by atoms with Crippen molar-refractivity contribution in [3.8, 4) is 0 Å². The third-order valence-corrected chi connectivity index (χ3v) is 4.03. The van der Waals surface area contributed by atoms with Gasteiger partial charge < -0.3 is 20.2 Å². The van der Waals surface area contributed by atoms with Crippen molar-refractivity contribution in [2.75, 3.05) is 0 Å². The van der Waals surface area contributed by atoms with Gasteiger partial charge in [0.2, 0.25) is 11.7 Å². The van der Waals surface area contributed by atoms with Gasteiger partial charge in [0.25, 0.3) is 5.91 Å². The highest BCUT2D eigenvalue weighted by molar-refractivity contribution is 5.98. The number of carbonyl (C=O) groups excluding carboxylic acids is 2. The standard InChI is InChI=1S/C20H24N2O5/c1-12(2)10-16(22-18(23)15-7-5-4-6-13(15)3)19(24)21-11-14-8-9-17(27-14)20(25)26/h4-9,12,16H,10-11H2,1-3H3,(H,21,24)(H,22,23)(H,25,26). The number of rotatable bonds is 8. The molecule has 0 aliphatic rings. The van der Waals surface area contributed by atoms with E-state index < -0.39 is 12.0 Å². The summed E-state index contributed by atoms with van der Waals surface area (Å²) in [7, 11) is 0. The zero-order chi connectivity index (χ0) is 20.0. The van der Waals surface area contributed by atoms with Crippen molar-refractivity contribution in [1.82, 2.24) is 10.6 Å². The Morgan fingerprint density at radius 1 is 1.11 bits per heavy atom. The number of furan rings is 1. The molecule has 3 N–H and O–H groups in total. The number of carboxylic acid groups (broad SMARTS) is 1. The first-order chi connectivity index (χ1) is 12.8. The van der Waals surface area contributed by atoms with E-state index in [-0.39, 0.29) is 30.0 Å². The Morgan fingerprint density at radius 2 is 1.81 bits per heavy atom. The summed E-state index contributed by atoms with van der Waals surface area (Å²) < 4.78 is 5.12. The summed E-state index contributed by atoms with van der Waals surface area (Å²) in [6.07, 6.45) is 0.474. The van der Waals surface area contributed by atoms with Crippen molar-refractivity contribution >= 4 is 17.8 Å². The maximum Gasteiger partial charge on any atom is 0.371 e. The summed E-state index contributed by atoms with van der Waals surface area (Å²) in [6, 6.07) is 9.29. The molecule has 0 aliphatic carbocycles. The molecule has 7 heteroatoms. The van der Waals surface area contributed by atoms with Crippen LogP contribution in [-0.4, -0.2) is 28.9 Å². The van der Waals surface area contributed by atoms with Gasteiger partial charge >= 0.3 is 5.97 Å². The largest absolute Gasteiger partial charge is 0.475 e. The van der Waals surface area contributed by atoms with Crippen LogP contribution in [0.25, 0.3) is 0 Å². The van der Waals surface area contributed by atoms with Crippen molar-refractivity contribution < 1.29 is 23.9 Å². The SMILES string of the molecule is Cc1ccccc1C(=O)NC(CC(C)C)C(=O)NCc1ccc(C(=O)O)o1. The minimum absolute atomic E-state index is 0.0426. The smallest absolute Gasteiger partial charge is 0.371 e. The van der Waals surface area contributed by atoms with Crippen molar-refractivity contribution in [1.29, 1.82) is 0 Å². The molecule has 0 saturated heterocycles. The molecule has 1 aromatic carbocycles. The molecule has 0 spiro atoms. The Labute approximate surface area is 157 Å². The molecule has 1 aromatic heterocycles. The quantitative estimate of drug-likeness (QED) is 0.660. The molecular weight excluding hydrogens is 348 g/mol. The van der Waals surface area contributed by atoms with E-state index in [9.17, 15) is 14.4 Å². The lowest BCUT2D eigenvalue weighted by Crippen LogP contribution is -2.47. The molecule has 7 nitrogen and oxygen atoms in total. The lowest BCUT2D eigenvalue weighted by atomic mass is 10.0. The Bertz CT molecular complexity index is 825. The van der Waals surface area contributed by atoms with Crippen LogP contribution >= 0.6 is 0 Å². The van der Waals surface area contributed by atoms with Crippen molar-refractivity contribution in [2.24, 2.45) is 5.92 Å². The number of aryl methyl sites for hydroxylation is 1. The number of nitrogens with one attached hydrogen (secondary N) is 2. The predicted octanol–water partition coefficient (Wildman–Crippen LogP) is 2.75. The van der Waals surface area contributed by atoms with Crippen LogP contribution in [0.5, 0.6) is 0 Å². The molecule has 0 fully saturated rings. The highest BCUT2D eigenvalue weighted by Gasteiger charge is 2.23. The van der Waals surface area contributed by atoms with E-state index in [0.717, 1.165) is 5.56 Å². The molecule has 0 radical (unpaired) electrons. The second kappa shape index (κ2) is 9.02. The van der Waals surface area contributed by atoms with Gasteiger partial charge in [-0.15, -0.1) is 0 Å². The summed E-state index contributed by atoms with van der Waals surface area (Å²) in [5.41, 5.74) is 1.35. The summed E-state index contributed by atoms with van der Waals surface area (Å²) in [6.45, 7) is 5.81. The molecule has 0 aliphatic heterocycles. The summed E-state index contributed by atoms with van der Waals surface area (Å²) >= 11 is 0. The monoisotopic (exact) mass is 372 g/mol. The molecule has 2 rings (SSSR count). The number of aromatic carboxylic acids is 1. The van der Waals surface area contributed by atoms with Crippen LogP contribution in [0.3, 0.4) is 0 Å². The molecular formula is C20H24N2O5. The highest BCUT2D eigenvalue weighted by Crippen LogP contribution is 2.11. The molecule has 0 bridgehead atoms. The summed E-state index contributed by atoms with van der Waals surface area (Å²) in [5.74, 6) is -1.49. The van der Waals surface area contributed by atoms with Crippen LogP contribution in [0.2, 0.25) is 0 Å². The zero-order valence-corrected chi connectivity index (χ0v) is 15.6. The first-order valence-electron chi connectivity index (χ1n) is 8.74. The Morgan fingerprint density at radius 3 is 2.41 bits per heavy atom. The van der Waals surface area contributed by atoms with Crippen molar-refractivity contribution in [2.45, 2.75) is 39.8 Å². The fourth-order valence-corrected chi connectivity index (χ4v) is 2.65. The van der Waals surface area contributed by atoms with Gasteiger partial charge in [-0.1, -0.05) is 32.0 Å². The second-order valence-corrected chi connectivity index (χ2v) is 6.76. The molecule has 1 atom stereocenters. The maximum absolute atomic E-state index is 12.6. The van der Waals surface area contributed by atoms with Gasteiger partial charge in [-0.2, -0.15) is 0 Å². The lowest BCUT2D eigenvalue weighted by molar-refractivity contribution is -0.123. The summed E-state index contributed by atoms with van der Waals surface area (Å²) in [5, 5.41) is 14.3. The second-order valence-electron chi connectivity index (χ2n) is 6.76. The van der Waals surface area contributed by atoms with Gasteiger partial charge in [-0.05, 0) is 43.0 Å². The van der Waals surface area contributed by atoms with Gasteiger partial charge in [-0.25, -0.2) is 4.79 Å². The van der Waals surface area contributed by atoms with Gasteiger partial charge in [-0.3, -0.25) is 9.59 Å². The summed E-state index contributed by atoms with van der Waals surface area (Å²) in [4.78, 5) is 35.9. The number of benzene rings is 1. The van der Waals surface area contributed by atoms with E-state index in [1.54, 1.807) is 12.1 Å². The minimum atomic E-state index is -1.17. The van der Waals surface area contributed by atoms with Crippen LogP contribution in [0.4, 0.5) is 0 Å². The third kappa shape index (κ3) is 5.70. The first-order valence-corrected chi connectivity index (χ1v) is 8.74. The van der Waals surface area contributed by atoms with E-state index in [2.05, 4.69) is 10.6 Å². The number of hydrogen-bond donors (Lipinski definition) is 3. The van der Waals surface area contributed by atoms with Crippen LogP contribution in [0, 0.1) is 12.8 Å². The Kier molecular flexibility index (Phi) is 6.76. The Balaban J connectivity index is 2.03. The molecule has 144 valence electrons. The Hall–Kier alpha value is -3.09. The number of carbonyl (C=O) groups is 3. The third-order valence-electron chi connectivity index (χ3n) is 4.03. The number of hydrogen-bond acceptors (Lipinski definition) is 4. The topological polar surface area (TPSA) is 109 Å². The van der Waals surface area contributed by atoms with E-state index in [1.165, 1.54) is 12.1 Å². The van der Waals surface area contributed by atoms with E-state index >= 15 is 0 Å². The van der Waals surface area contributed by atoms with Crippen molar-refractivity contribution in [3.63, 3.8) is 0 Å². The molecule has 27 heavy (non-hydrogen) atoms. The lowest BCUT2D eigenvalue weighted by Gasteiger charge is -2.20. The average molecular weight is 372 g/mol. The minimum Gasteiger partial charge on any atom is -0.475 e. The molecule has 2 amide bonds. The van der Waals surface area contributed by atoms with Gasteiger partial charge in [0.05, 0.1) is 6.54 Å². The van der Waals surface area contributed by atoms with E-state index in [1.807, 2.05) is 32.9 Å². The van der Waals surface area contributed by atoms with Crippen LogP contribution in [0.1, 0.15) is 52.5 Å². The number of carboxylic acids is 1. The predicted molar refractivity (Wildman–Crippen MR) is 99.4 cm³/mol. The van der Waals surface area contributed by atoms with Crippen LogP contribution in [0.15, 0.2) is 40.8 Å². The van der Waals surface area contributed by atoms with Crippen LogP contribution < -0.4 is 10.6 Å². The van der Waals surface area contributed by atoms with Crippen LogP contribution in [-0.2, 0) is 11.3 Å². The maximum atomic E-state index is 12.6.